The fraction of sp³-hybridized carbons (Fsp3) is 0.400. The van der Waals surface area contributed by atoms with Gasteiger partial charge in [-0.25, -0.2) is 9.97 Å². The molecule has 9 nitrogen and oxygen atoms in total. The van der Waals surface area contributed by atoms with E-state index in [0.29, 0.717) is 43.2 Å². The van der Waals surface area contributed by atoms with Crippen molar-refractivity contribution in [3.8, 4) is 11.9 Å². The summed E-state index contributed by atoms with van der Waals surface area (Å²) in [5.74, 6) is 0.326. The molecule has 0 radical (unpaired) electrons. The van der Waals surface area contributed by atoms with Crippen molar-refractivity contribution in [2.24, 2.45) is 5.16 Å². The van der Waals surface area contributed by atoms with Crippen molar-refractivity contribution in [1.82, 2.24) is 19.9 Å². The summed E-state index contributed by atoms with van der Waals surface area (Å²) in [5.41, 5.74) is 0.0846. The number of thiazole rings is 1. The molecule has 1 amide bonds. The molecule has 206 valence electrons. The summed E-state index contributed by atoms with van der Waals surface area (Å²) in [6, 6.07) is 5.30. The van der Waals surface area contributed by atoms with E-state index in [1.165, 1.54) is 36.8 Å². The van der Waals surface area contributed by atoms with Crippen LogP contribution in [0.4, 0.5) is 13.2 Å². The Balaban J connectivity index is 1.16. The predicted octanol–water partition coefficient (Wildman–Crippen LogP) is 5.26. The second kappa shape index (κ2) is 11.3. The van der Waals surface area contributed by atoms with Crippen molar-refractivity contribution >= 4 is 34.6 Å². The van der Waals surface area contributed by atoms with Gasteiger partial charge < -0.3 is 19.2 Å². The van der Waals surface area contributed by atoms with E-state index in [4.69, 9.17) is 30.9 Å². The third kappa shape index (κ3) is 6.09. The summed E-state index contributed by atoms with van der Waals surface area (Å²) in [4.78, 5) is 32.4. The van der Waals surface area contributed by atoms with Gasteiger partial charge in [0.15, 0.2) is 12.7 Å². The average Bonchev–Trinajstić information content (AvgIpc) is 3.62. The summed E-state index contributed by atoms with van der Waals surface area (Å²) in [6.07, 6.45) is -2.47. The zero-order valence-corrected chi connectivity index (χ0v) is 22.2. The molecule has 2 aromatic heterocycles. The average molecular weight is 582 g/mol. The smallest absolute Gasteiger partial charge is 0.416 e. The van der Waals surface area contributed by atoms with E-state index in [-0.39, 0.29) is 41.4 Å². The molecule has 0 aliphatic carbocycles. The molecule has 0 bridgehead atoms. The third-order valence-electron chi connectivity index (χ3n) is 6.51. The van der Waals surface area contributed by atoms with Crippen LogP contribution in [0.5, 0.6) is 11.9 Å². The Morgan fingerprint density at radius 1 is 1.23 bits per heavy atom. The van der Waals surface area contributed by atoms with Gasteiger partial charge in [-0.2, -0.15) is 18.2 Å². The summed E-state index contributed by atoms with van der Waals surface area (Å²) in [5, 5.41) is 6.72. The molecule has 0 N–H and O–H groups in total. The maximum absolute atomic E-state index is 13.5. The number of rotatable bonds is 7. The first-order valence-electron chi connectivity index (χ1n) is 12.0. The minimum absolute atomic E-state index is 0.0204. The first-order valence-corrected chi connectivity index (χ1v) is 13.3. The largest absolute Gasteiger partial charge is 0.481 e. The number of piperidine rings is 1. The van der Waals surface area contributed by atoms with Crippen LogP contribution in [-0.2, 0) is 15.8 Å². The van der Waals surface area contributed by atoms with E-state index in [1.807, 2.05) is 5.38 Å². The number of benzene rings is 1. The number of hydrogen-bond donors (Lipinski definition) is 0. The van der Waals surface area contributed by atoms with E-state index in [9.17, 15) is 18.0 Å². The van der Waals surface area contributed by atoms with Gasteiger partial charge in [0.1, 0.15) is 5.71 Å². The highest BCUT2D eigenvalue weighted by molar-refractivity contribution is 7.10. The summed E-state index contributed by atoms with van der Waals surface area (Å²) >= 11 is 7.58. The van der Waals surface area contributed by atoms with Gasteiger partial charge in [-0.1, -0.05) is 22.8 Å². The molecule has 1 atom stereocenters. The number of halogens is 4. The summed E-state index contributed by atoms with van der Waals surface area (Å²) < 4.78 is 51.0. The van der Waals surface area contributed by atoms with Gasteiger partial charge in [0, 0.05) is 53.7 Å². The van der Waals surface area contributed by atoms with Gasteiger partial charge in [0.05, 0.1) is 23.4 Å². The minimum Gasteiger partial charge on any atom is -0.481 e. The quantitative estimate of drug-likeness (QED) is 0.375. The van der Waals surface area contributed by atoms with Crippen LogP contribution in [0, 0.1) is 0 Å². The molecule has 5 rings (SSSR count). The highest BCUT2D eigenvalue weighted by Gasteiger charge is 2.39. The highest BCUT2D eigenvalue weighted by Crippen LogP contribution is 2.42. The Labute approximate surface area is 230 Å². The Bertz CT molecular complexity index is 1380. The molecule has 0 saturated carbocycles. The molecule has 1 aromatic carbocycles. The molecule has 0 spiro atoms. The SMILES string of the molecule is COc1ccnc(OCC(=O)N2CCC(c3nc(C4=NOC(c5c(Cl)cccc5C(F)(F)F)C4)cs3)CC2)n1. The van der Waals surface area contributed by atoms with E-state index in [0.717, 1.165) is 11.1 Å². The van der Waals surface area contributed by atoms with Crippen molar-refractivity contribution in [3.63, 3.8) is 0 Å². The molecule has 39 heavy (non-hydrogen) atoms. The Kier molecular flexibility index (Phi) is 7.89. The molecule has 2 aliphatic rings. The van der Waals surface area contributed by atoms with Crippen LogP contribution in [0.15, 0.2) is 41.0 Å². The van der Waals surface area contributed by atoms with Gasteiger partial charge in [-0.15, -0.1) is 11.3 Å². The Morgan fingerprint density at radius 3 is 2.77 bits per heavy atom. The van der Waals surface area contributed by atoms with Crippen molar-refractivity contribution < 1.29 is 32.3 Å². The number of carbonyl (C=O) groups is 1. The van der Waals surface area contributed by atoms with Gasteiger partial charge in [0.25, 0.3) is 5.91 Å². The van der Waals surface area contributed by atoms with E-state index in [1.54, 1.807) is 11.0 Å². The van der Waals surface area contributed by atoms with Crippen molar-refractivity contribution in [1.29, 1.82) is 0 Å². The van der Waals surface area contributed by atoms with Crippen LogP contribution in [0.3, 0.4) is 0 Å². The number of carbonyl (C=O) groups excluding carboxylic acids is 1. The highest BCUT2D eigenvalue weighted by atomic mass is 35.5. The fourth-order valence-corrected chi connectivity index (χ4v) is 5.80. The minimum atomic E-state index is -4.56. The lowest BCUT2D eigenvalue weighted by atomic mass is 9.97. The van der Waals surface area contributed by atoms with Crippen LogP contribution in [-0.4, -0.2) is 58.3 Å². The molecule has 2 aliphatic heterocycles. The monoisotopic (exact) mass is 581 g/mol. The number of oxime groups is 1. The number of alkyl halides is 3. The molecule has 1 saturated heterocycles. The maximum Gasteiger partial charge on any atom is 0.416 e. The van der Waals surface area contributed by atoms with Gasteiger partial charge >= 0.3 is 12.2 Å². The predicted molar refractivity (Wildman–Crippen MR) is 136 cm³/mol. The summed E-state index contributed by atoms with van der Waals surface area (Å²) in [6.45, 7) is 0.904. The number of nitrogens with zero attached hydrogens (tertiary/aromatic N) is 5. The number of likely N-dealkylation sites (tertiary alicyclic amines) is 1. The van der Waals surface area contributed by atoms with Gasteiger partial charge in [-0.3, -0.25) is 4.79 Å². The van der Waals surface area contributed by atoms with E-state index < -0.39 is 17.8 Å². The molecular weight excluding hydrogens is 559 g/mol. The number of methoxy groups -OCH3 is 1. The maximum atomic E-state index is 13.5. The lowest BCUT2D eigenvalue weighted by Gasteiger charge is -2.31. The molecule has 3 aromatic rings. The van der Waals surface area contributed by atoms with E-state index in [2.05, 4.69) is 15.1 Å². The standard InChI is InChI=1S/C25H23ClF3N5O4S/c1-36-20-5-8-30-24(32-20)37-12-21(35)34-9-6-14(7-10-34)23-31-18(13-39-23)17-11-19(38-33-17)22-15(25(27,28)29)3-2-4-16(22)26/h2-5,8,13-14,19H,6-7,9-12H2,1H3. The van der Waals surface area contributed by atoms with E-state index >= 15 is 0 Å². The zero-order valence-electron chi connectivity index (χ0n) is 20.7. The number of hydrogen-bond acceptors (Lipinski definition) is 9. The first kappa shape index (κ1) is 27.1. The lowest BCUT2D eigenvalue weighted by molar-refractivity contribution is -0.139. The van der Waals surface area contributed by atoms with Crippen LogP contribution >= 0.6 is 22.9 Å². The topological polar surface area (TPSA) is 99.0 Å². The number of aromatic nitrogens is 3. The van der Waals surface area contributed by atoms with Crippen molar-refractivity contribution in [3.05, 3.63) is 62.7 Å². The van der Waals surface area contributed by atoms with Crippen molar-refractivity contribution in [2.45, 2.75) is 37.5 Å². The lowest BCUT2D eigenvalue weighted by Crippen LogP contribution is -2.40. The van der Waals surface area contributed by atoms with Crippen LogP contribution in [0.1, 0.15) is 53.1 Å². The Morgan fingerprint density at radius 2 is 2.03 bits per heavy atom. The number of amides is 1. The Hall–Kier alpha value is -3.45. The van der Waals surface area contributed by atoms with Crippen LogP contribution < -0.4 is 9.47 Å². The first-order chi connectivity index (χ1) is 18.7. The normalized spacial score (nSPS) is 18.0. The zero-order chi connectivity index (χ0) is 27.6. The molecule has 4 heterocycles. The van der Waals surface area contributed by atoms with Crippen LogP contribution in [0.25, 0.3) is 0 Å². The summed E-state index contributed by atoms with van der Waals surface area (Å²) in [7, 11) is 1.48. The molecule has 1 fully saturated rings. The fourth-order valence-electron chi connectivity index (χ4n) is 4.50. The third-order valence-corrected chi connectivity index (χ3v) is 7.84. The van der Waals surface area contributed by atoms with Crippen LogP contribution in [0.2, 0.25) is 5.02 Å². The molecule has 14 heteroatoms. The second-order valence-electron chi connectivity index (χ2n) is 8.93. The van der Waals surface area contributed by atoms with Gasteiger partial charge in [-0.05, 0) is 25.0 Å². The second-order valence-corrected chi connectivity index (χ2v) is 10.2. The van der Waals surface area contributed by atoms with Crippen molar-refractivity contribution in [2.75, 3.05) is 26.8 Å². The number of ether oxygens (including phenoxy) is 2. The molecular formula is C25H23ClF3N5O4S. The molecule has 1 unspecified atom stereocenters. The van der Waals surface area contributed by atoms with Gasteiger partial charge in [0.2, 0.25) is 5.88 Å².